The van der Waals surface area contributed by atoms with Gasteiger partial charge in [0.1, 0.15) is 5.70 Å². The molecule has 4 heterocycles. The Hall–Kier alpha value is -1.46. The normalized spacial score (nSPS) is 32.5. The van der Waals surface area contributed by atoms with Crippen LogP contribution in [0.4, 0.5) is 0 Å². The van der Waals surface area contributed by atoms with Gasteiger partial charge in [-0.05, 0) is 13.3 Å². The number of aliphatic carboxylic acids is 1. The molecule has 0 bridgehead atoms. The fourth-order valence-corrected chi connectivity index (χ4v) is 7.00. The van der Waals surface area contributed by atoms with Gasteiger partial charge in [-0.2, -0.15) is 0 Å². The first kappa shape index (κ1) is 20.8. The molecule has 6 atom stereocenters. The second kappa shape index (κ2) is 7.99. The summed E-state index contributed by atoms with van der Waals surface area (Å²) in [4.78, 5) is 30.9. The molecule has 2 saturated heterocycles. The number of carbonyl (C=O) groups is 2. The molecule has 0 aromatic carbocycles. The molecule has 2 fully saturated rings. The third kappa shape index (κ3) is 3.61. The standard InChI is InChI=1S/C19H25N3O5S2/c1-8-15-14(9(2)24)18(25)22(15)16(19(26)27)17(8)29-12-3-10(20-5-12)4-13-21-11(6-23)7-28-13/h7-10,12,14-15,20,23-24H,3-6H2,1-2H3,(H,26,27)/t8-,9-,10+,12+,14?,15?/m1/s1. The molecular formula is C19H25N3O5S2. The summed E-state index contributed by atoms with van der Waals surface area (Å²) in [6.45, 7) is 4.24. The van der Waals surface area contributed by atoms with Crippen LogP contribution in [0.25, 0.3) is 0 Å². The zero-order chi connectivity index (χ0) is 20.9. The number of amides is 1. The highest BCUT2D eigenvalue weighted by atomic mass is 32.2. The minimum Gasteiger partial charge on any atom is -0.477 e. The number of aliphatic hydroxyl groups is 2. The van der Waals surface area contributed by atoms with E-state index in [-0.39, 0.29) is 41.5 Å². The van der Waals surface area contributed by atoms with Crippen LogP contribution in [0, 0.1) is 11.8 Å². The predicted molar refractivity (Wildman–Crippen MR) is 109 cm³/mol. The summed E-state index contributed by atoms with van der Waals surface area (Å²) in [6.07, 6.45) is 0.866. The van der Waals surface area contributed by atoms with Gasteiger partial charge in [-0.15, -0.1) is 23.1 Å². The third-order valence-electron chi connectivity index (χ3n) is 5.97. The molecule has 4 rings (SSSR count). The molecule has 1 amide bonds. The number of hydrogen-bond donors (Lipinski definition) is 4. The van der Waals surface area contributed by atoms with E-state index in [2.05, 4.69) is 10.3 Å². The lowest BCUT2D eigenvalue weighted by molar-refractivity contribution is -0.163. The number of β-lactam (4-membered cyclic amide) rings is 1. The lowest BCUT2D eigenvalue weighted by atomic mass is 9.79. The monoisotopic (exact) mass is 439 g/mol. The molecule has 10 heteroatoms. The van der Waals surface area contributed by atoms with Crippen molar-refractivity contribution < 1.29 is 24.9 Å². The van der Waals surface area contributed by atoms with Crippen molar-refractivity contribution in [1.29, 1.82) is 0 Å². The van der Waals surface area contributed by atoms with Gasteiger partial charge in [-0.25, -0.2) is 9.78 Å². The number of thiazole rings is 1. The molecule has 2 unspecified atom stereocenters. The summed E-state index contributed by atoms with van der Waals surface area (Å²) in [5.41, 5.74) is 0.775. The molecular weight excluding hydrogens is 414 g/mol. The number of aromatic nitrogens is 1. The number of thioether (sulfide) groups is 1. The fourth-order valence-electron chi connectivity index (χ4n) is 4.61. The zero-order valence-corrected chi connectivity index (χ0v) is 17.9. The smallest absolute Gasteiger partial charge is 0.353 e. The summed E-state index contributed by atoms with van der Waals surface area (Å²) in [7, 11) is 0. The van der Waals surface area contributed by atoms with E-state index in [0.717, 1.165) is 29.3 Å². The molecule has 1 aromatic heterocycles. The van der Waals surface area contributed by atoms with Crippen LogP contribution in [-0.4, -0.2) is 67.1 Å². The first-order chi connectivity index (χ1) is 13.8. The number of carboxylic acids is 1. The van der Waals surface area contributed by atoms with Crippen molar-refractivity contribution >= 4 is 35.0 Å². The van der Waals surface area contributed by atoms with E-state index in [0.29, 0.717) is 5.69 Å². The Morgan fingerprint density at radius 1 is 1.52 bits per heavy atom. The van der Waals surface area contributed by atoms with Gasteiger partial charge in [0.25, 0.3) is 0 Å². The van der Waals surface area contributed by atoms with Crippen LogP contribution in [0.1, 0.15) is 31.0 Å². The van der Waals surface area contributed by atoms with Gasteiger partial charge in [0.15, 0.2) is 0 Å². The Labute approximate surface area is 177 Å². The molecule has 3 aliphatic rings. The van der Waals surface area contributed by atoms with Crippen molar-refractivity contribution in [2.75, 3.05) is 6.54 Å². The van der Waals surface area contributed by atoms with Crippen LogP contribution < -0.4 is 5.32 Å². The highest BCUT2D eigenvalue weighted by molar-refractivity contribution is 8.03. The number of nitrogens with zero attached hydrogens (tertiary/aromatic N) is 2. The molecule has 0 spiro atoms. The molecule has 158 valence electrons. The number of carboxylic acid groups (broad SMARTS) is 1. The van der Waals surface area contributed by atoms with Crippen molar-refractivity contribution in [3.05, 3.63) is 26.7 Å². The Balaban J connectivity index is 1.44. The minimum absolute atomic E-state index is 0.0546. The largest absolute Gasteiger partial charge is 0.477 e. The Morgan fingerprint density at radius 2 is 2.28 bits per heavy atom. The van der Waals surface area contributed by atoms with Crippen LogP contribution in [0.15, 0.2) is 16.0 Å². The van der Waals surface area contributed by atoms with Crippen molar-refractivity contribution in [1.82, 2.24) is 15.2 Å². The molecule has 3 aliphatic heterocycles. The van der Waals surface area contributed by atoms with E-state index >= 15 is 0 Å². The first-order valence-electron chi connectivity index (χ1n) is 9.74. The minimum atomic E-state index is -1.08. The summed E-state index contributed by atoms with van der Waals surface area (Å²) >= 11 is 3.09. The highest BCUT2D eigenvalue weighted by Crippen LogP contribution is 2.51. The average molecular weight is 440 g/mol. The van der Waals surface area contributed by atoms with E-state index in [1.54, 1.807) is 18.7 Å². The molecule has 1 aromatic rings. The third-order valence-corrected chi connectivity index (χ3v) is 8.40. The van der Waals surface area contributed by atoms with Gasteiger partial charge in [0.05, 0.1) is 35.4 Å². The van der Waals surface area contributed by atoms with E-state index in [9.17, 15) is 19.8 Å². The zero-order valence-electron chi connectivity index (χ0n) is 16.2. The lowest BCUT2D eigenvalue weighted by Crippen LogP contribution is -2.63. The summed E-state index contributed by atoms with van der Waals surface area (Å²) < 4.78 is 0. The van der Waals surface area contributed by atoms with Gasteiger partial charge < -0.3 is 25.5 Å². The summed E-state index contributed by atoms with van der Waals surface area (Å²) in [5.74, 6) is -2.01. The van der Waals surface area contributed by atoms with E-state index in [1.807, 2.05) is 12.3 Å². The Kier molecular flexibility index (Phi) is 5.73. The van der Waals surface area contributed by atoms with Gasteiger partial charge in [0, 0.05) is 40.5 Å². The molecule has 0 saturated carbocycles. The van der Waals surface area contributed by atoms with Gasteiger partial charge in [0.2, 0.25) is 5.91 Å². The number of nitrogens with one attached hydrogen (secondary N) is 1. The maximum absolute atomic E-state index is 12.4. The maximum atomic E-state index is 12.4. The quantitative estimate of drug-likeness (QED) is 0.460. The number of carbonyl (C=O) groups excluding carboxylic acids is 1. The fraction of sp³-hybridized carbons (Fsp3) is 0.632. The molecule has 0 aliphatic carbocycles. The SMILES string of the molecule is C[C@@H](O)C1C(=O)N2C(C(=O)O)=C(S[C@@H]3CN[C@H](Cc4nc(CO)cs4)C3)[C@H](C)C12. The number of hydrogen-bond acceptors (Lipinski definition) is 8. The highest BCUT2D eigenvalue weighted by Gasteiger charge is 2.60. The lowest BCUT2D eigenvalue weighted by Gasteiger charge is -2.46. The van der Waals surface area contributed by atoms with Crippen LogP contribution in [0.5, 0.6) is 0 Å². The van der Waals surface area contributed by atoms with Gasteiger partial charge in [-0.1, -0.05) is 6.92 Å². The van der Waals surface area contributed by atoms with Crippen molar-refractivity contribution in [3.8, 4) is 0 Å². The van der Waals surface area contributed by atoms with Crippen LogP contribution in [0.3, 0.4) is 0 Å². The number of fused-ring (bicyclic) bond motifs is 1. The van der Waals surface area contributed by atoms with E-state index < -0.39 is 18.0 Å². The van der Waals surface area contributed by atoms with Gasteiger partial charge in [-0.3, -0.25) is 4.79 Å². The molecule has 4 N–H and O–H groups in total. The van der Waals surface area contributed by atoms with Crippen LogP contribution in [-0.2, 0) is 22.6 Å². The molecule has 29 heavy (non-hydrogen) atoms. The molecule has 0 radical (unpaired) electrons. The average Bonchev–Trinajstić information content (AvgIpc) is 3.35. The summed E-state index contributed by atoms with van der Waals surface area (Å²) in [5, 5.41) is 35.4. The van der Waals surface area contributed by atoms with Crippen LogP contribution in [0.2, 0.25) is 0 Å². The van der Waals surface area contributed by atoms with Crippen LogP contribution >= 0.6 is 23.1 Å². The number of aliphatic hydroxyl groups excluding tert-OH is 2. The summed E-state index contributed by atoms with van der Waals surface area (Å²) in [6, 6.07) is -0.0202. The van der Waals surface area contributed by atoms with Gasteiger partial charge >= 0.3 is 5.97 Å². The van der Waals surface area contributed by atoms with Crippen molar-refractivity contribution in [3.63, 3.8) is 0 Å². The Morgan fingerprint density at radius 3 is 2.90 bits per heavy atom. The predicted octanol–water partition coefficient (Wildman–Crippen LogP) is 0.795. The maximum Gasteiger partial charge on any atom is 0.353 e. The van der Waals surface area contributed by atoms with Crippen molar-refractivity contribution in [2.24, 2.45) is 11.8 Å². The number of rotatable bonds is 7. The van der Waals surface area contributed by atoms with Crippen molar-refractivity contribution in [2.45, 2.75) is 56.7 Å². The topological polar surface area (TPSA) is 123 Å². The second-order valence-corrected chi connectivity index (χ2v) is 10.2. The van der Waals surface area contributed by atoms with E-state index in [1.165, 1.54) is 16.2 Å². The molecule has 8 nitrogen and oxygen atoms in total. The second-order valence-electron chi connectivity index (χ2n) is 7.95. The van der Waals surface area contributed by atoms with E-state index in [4.69, 9.17) is 5.11 Å². The first-order valence-corrected chi connectivity index (χ1v) is 11.5. The Bertz CT molecular complexity index is 855.